The van der Waals surface area contributed by atoms with E-state index in [1.165, 1.54) is 6.07 Å². The molecule has 0 aliphatic heterocycles. The zero-order chi connectivity index (χ0) is 17.5. The molecule has 1 N–H and O–H groups in total. The number of aliphatic imine (C=N–C) groups is 1. The molecule has 0 aliphatic rings. The van der Waals surface area contributed by atoms with Gasteiger partial charge in [-0.25, -0.2) is 4.98 Å². The average Bonchev–Trinajstić information content (AvgIpc) is 2.92. The van der Waals surface area contributed by atoms with Crippen molar-refractivity contribution in [3.63, 3.8) is 0 Å². The van der Waals surface area contributed by atoms with Crippen molar-refractivity contribution in [2.24, 2.45) is 4.99 Å². The number of thiazole rings is 1. The summed E-state index contributed by atoms with van der Waals surface area (Å²) in [6.45, 7) is 0.232. The molecular formula is C16H20F2N4OS. The lowest BCUT2D eigenvalue weighted by molar-refractivity contribution is -0.0498. The molecule has 0 amide bonds. The van der Waals surface area contributed by atoms with Crippen molar-refractivity contribution in [1.29, 1.82) is 0 Å². The number of aryl methyl sites for hydroxylation is 1. The molecule has 0 fully saturated rings. The Labute approximate surface area is 144 Å². The Balaban J connectivity index is 1.93. The van der Waals surface area contributed by atoms with Gasteiger partial charge in [0.2, 0.25) is 0 Å². The molecule has 0 unspecified atom stereocenters. The van der Waals surface area contributed by atoms with Crippen LogP contribution in [0.4, 0.5) is 8.78 Å². The second-order valence-corrected chi connectivity index (χ2v) is 6.20. The van der Waals surface area contributed by atoms with Gasteiger partial charge in [0.1, 0.15) is 5.75 Å². The van der Waals surface area contributed by atoms with Gasteiger partial charge in [0.15, 0.2) is 5.96 Å². The van der Waals surface area contributed by atoms with Crippen LogP contribution in [0.2, 0.25) is 0 Å². The highest BCUT2D eigenvalue weighted by molar-refractivity contribution is 7.09. The number of hydrogen-bond acceptors (Lipinski definition) is 4. The normalized spacial score (nSPS) is 11.7. The standard InChI is InChI=1S/C16H20F2N4OS/c1-11-21-13(10-24-11)9-22(3)16(19-2)20-8-12-5-4-6-14(7-12)23-15(17)18/h4-7,10,15H,8-9H2,1-3H3,(H,19,20). The first kappa shape index (κ1) is 18.1. The Hall–Kier alpha value is -2.22. The van der Waals surface area contributed by atoms with Gasteiger partial charge in [-0.1, -0.05) is 12.1 Å². The zero-order valence-corrected chi connectivity index (χ0v) is 14.6. The Morgan fingerprint density at radius 2 is 2.25 bits per heavy atom. The van der Waals surface area contributed by atoms with E-state index in [9.17, 15) is 8.78 Å². The molecule has 0 radical (unpaired) electrons. The SMILES string of the molecule is CN=C(NCc1cccc(OC(F)F)c1)N(C)Cc1csc(C)n1. The van der Waals surface area contributed by atoms with E-state index in [2.05, 4.69) is 20.0 Å². The van der Waals surface area contributed by atoms with Crippen LogP contribution in [0.5, 0.6) is 5.75 Å². The molecule has 2 aromatic rings. The minimum absolute atomic E-state index is 0.144. The van der Waals surface area contributed by atoms with Gasteiger partial charge in [-0.3, -0.25) is 4.99 Å². The number of benzene rings is 1. The van der Waals surface area contributed by atoms with Crippen LogP contribution < -0.4 is 10.1 Å². The summed E-state index contributed by atoms with van der Waals surface area (Å²) < 4.78 is 28.9. The Bertz CT molecular complexity index is 690. The van der Waals surface area contributed by atoms with Crippen molar-refractivity contribution in [2.45, 2.75) is 26.6 Å². The van der Waals surface area contributed by atoms with E-state index in [0.29, 0.717) is 19.0 Å². The van der Waals surface area contributed by atoms with Crippen LogP contribution in [0, 0.1) is 6.92 Å². The third kappa shape index (κ3) is 5.45. The number of alkyl halides is 2. The topological polar surface area (TPSA) is 49.8 Å². The van der Waals surface area contributed by atoms with Gasteiger partial charge in [-0.2, -0.15) is 8.78 Å². The number of aromatic nitrogens is 1. The summed E-state index contributed by atoms with van der Waals surface area (Å²) in [4.78, 5) is 10.6. The van der Waals surface area contributed by atoms with Gasteiger partial charge in [-0.15, -0.1) is 11.3 Å². The summed E-state index contributed by atoms with van der Waals surface area (Å²) in [5.41, 5.74) is 1.81. The van der Waals surface area contributed by atoms with Crippen LogP contribution in [0.15, 0.2) is 34.6 Å². The summed E-state index contributed by atoms with van der Waals surface area (Å²) >= 11 is 1.61. The van der Waals surface area contributed by atoms with Crippen LogP contribution >= 0.6 is 11.3 Å². The summed E-state index contributed by atoms with van der Waals surface area (Å²) in [5, 5.41) is 6.24. The van der Waals surface area contributed by atoms with Gasteiger partial charge in [-0.05, 0) is 24.6 Å². The first-order valence-corrected chi connectivity index (χ1v) is 8.22. The van der Waals surface area contributed by atoms with E-state index in [1.807, 2.05) is 30.3 Å². The molecular weight excluding hydrogens is 334 g/mol. The fourth-order valence-electron chi connectivity index (χ4n) is 2.20. The molecule has 2 rings (SSSR count). The monoisotopic (exact) mass is 354 g/mol. The highest BCUT2D eigenvalue weighted by atomic mass is 32.1. The first-order valence-electron chi connectivity index (χ1n) is 7.34. The van der Waals surface area contributed by atoms with Gasteiger partial charge in [0, 0.05) is 26.0 Å². The Morgan fingerprint density at radius 1 is 1.46 bits per heavy atom. The second kappa shape index (κ2) is 8.58. The van der Waals surface area contributed by atoms with Crippen molar-refractivity contribution >= 4 is 17.3 Å². The number of nitrogens with one attached hydrogen (secondary N) is 1. The van der Waals surface area contributed by atoms with Gasteiger partial charge < -0.3 is 15.0 Å². The molecule has 0 saturated heterocycles. The van der Waals surface area contributed by atoms with Crippen molar-refractivity contribution in [3.05, 3.63) is 45.9 Å². The largest absolute Gasteiger partial charge is 0.435 e. The molecule has 8 heteroatoms. The molecule has 1 heterocycles. The molecule has 1 aromatic carbocycles. The summed E-state index contributed by atoms with van der Waals surface area (Å²) in [7, 11) is 3.61. The van der Waals surface area contributed by atoms with E-state index >= 15 is 0 Å². The summed E-state index contributed by atoms with van der Waals surface area (Å²) in [5.74, 6) is 0.839. The van der Waals surface area contributed by atoms with E-state index in [1.54, 1.807) is 30.5 Å². The molecule has 24 heavy (non-hydrogen) atoms. The van der Waals surface area contributed by atoms with Crippen LogP contribution in [-0.4, -0.2) is 36.6 Å². The highest BCUT2D eigenvalue weighted by Gasteiger charge is 2.09. The second-order valence-electron chi connectivity index (χ2n) is 5.14. The molecule has 0 aliphatic carbocycles. The molecule has 0 bridgehead atoms. The molecule has 130 valence electrons. The van der Waals surface area contributed by atoms with Gasteiger partial charge in [0.25, 0.3) is 0 Å². The first-order chi connectivity index (χ1) is 11.5. The molecule has 5 nitrogen and oxygen atoms in total. The Kier molecular flexibility index (Phi) is 6.48. The summed E-state index contributed by atoms with van der Waals surface area (Å²) in [6.07, 6.45) is 0. The fourth-order valence-corrected chi connectivity index (χ4v) is 2.80. The number of rotatable bonds is 6. The van der Waals surface area contributed by atoms with Crippen molar-refractivity contribution < 1.29 is 13.5 Å². The van der Waals surface area contributed by atoms with E-state index in [0.717, 1.165) is 16.3 Å². The minimum Gasteiger partial charge on any atom is -0.435 e. The number of halogens is 2. The minimum atomic E-state index is -2.83. The highest BCUT2D eigenvalue weighted by Crippen LogP contribution is 2.16. The third-order valence-corrected chi connectivity index (χ3v) is 4.04. The summed E-state index contributed by atoms with van der Waals surface area (Å²) in [6, 6.07) is 6.60. The van der Waals surface area contributed by atoms with Crippen LogP contribution in [-0.2, 0) is 13.1 Å². The molecule has 0 spiro atoms. The van der Waals surface area contributed by atoms with Gasteiger partial charge >= 0.3 is 6.61 Å². The maximum atomic E-state index is 12.3. The number of ether oxygens (including phenoxy) is 1. The van der Waals surface area contributed by atoms with E-state index < -0.39 is 6.61 Å². The lowest BCUT2D eigenvalue weighted by Crippen LogP contribution is -2.38. The predicted molar refractivity (Wildman–Crippen MR) is 91.6 cm³/mol. The number of hydrogen-bond donors (Lipinski definition) is 1. The third-order valence-electron chi connectivity index (χ3n) is 3.21. The van der Waals surface area contributed by atoms with E-state index in [-0.39, 0.29) is 5.75 Å². The van der Waals surface area contributed by atoms with Crippen molar-refractivity contribution in [1.82, 2.24) is 15.2 Å². The molecule has 0 atom stereocenters. The quantitative estimate of drug-likeness (QED) is 0.639. The van der Waals surface area contributed by atoms with Crippen LogP contribution in [0.1, 0.15) is 16.3 Å². The van der Waals surface area contributed by atoms with Crippen molar-refractivity contribution in [2.75, 3.05) is 14.1 Å². The predicted octanol–water partition coefficient (Wildman–Crippen LogP) is 3.26. The van der Waals surface area contributed by atoms with Crippen LogP contribution in [0.25, 0.3) is 0 Å². The van der Waals surface area contributed by atoms with Crippen LogP contribution in [0.3, 0.4) is 0 Å². The average molecular weight is 354 g/mol. The lowest BCUT2D eigenvalue weighted by atomic mass is 10.2. The zero-order valence-electron chi connectivity index (χ0n) is 13.8. The molecule has 0 saturated carbocycles. The number of guanidine groups is 1. The maximum absolute atomic E-state index is 12.3. The Morgan fingerprint density at radius 3 is 2.88 bits per heavy atom. The molecule has 1 aromatic heterocycles. The number of nitrogens with zero attached hydrogens (tertiary/aromatic N) is 3. The fraction of sp³-hybridized carbons (Fsp3) is 0.375. The lowest BCUT2D eigenvalue weighted by Gasteiger charge is -2.21. The van der Waals surface area contributed by atoms with Crippen molar-refractivity contribution in [3.8, 4) is 5.75 Å². The van der Waals surface area contributed by atoms with E-state index in [4.69, 9.17) is 0 Å². The van der Waals surface area contributed by atoms with Gasteiger partial charge in [0.05, 0.1) is 17.2 Å². The maximum Gasteiger partial charge on any atom is 0.387 e. The smallest absolute Gasteiger partial charge is 0.387 e.